The van der Waals surface area contributed by atoms with E-state index in [2.05, 4.69) is 69.3 Å². The average molecular weight is 609 g/mol. The van der Waals surface area contributed by atoms with E-state index in [1.807, 2.05) is 60.7 Å². The summed E-state index contributed by atoms with van der Waals surface area (Å²) in [5.74, 6) is 0.155. The highest BCUT2D eigenvalue weighted by atomic mass is 32.1. The predicted molar refractivity (Wildman–Crippen MR) is 178 cm³/mol. The van der Waals surface area contributed by atoms with Crippen LogP contribution in [-0.2, 0) is 11.3 Å². The molecule has 0 bridgehead atoms. The van der Waals surface area contributed by atoms with Gasteiger partial charge in [-0.2, -0.15) is 0 Å². The topological polar surface area (TPSA) is 61.8 Å². The predicted octanol–water partition coefficient (Wildman–Crippen LogP) is 7.07. The summed E-state index contributed by atoms with van der Waals surface area (Å²) in [7, 11) is -1.16. The Balaban J connectivity index is 1.56. The van der Waals surface area contributed by atoms with E-state index in [1.165, 1.54) is 17.5 Å². The highest BCUT2D eigenvalue weighted by molar-refractivity contribution is 7.16. The van der Waals surface area contributed by atoms with Gasteiger partial charge in [-0.1, -0.05) is 133 Å². The van der Waals surface area contributed by atoms with Crippen molar-refractivity contribution in [3.05, 3.63) is 130 Å². The number of ether oxygens (including phenoxy) is 3. The van der Waals surface area contributed by atoms with Gasteiger partial charge in [-0.15, -0.1) is 0 Å². The molecule has 7 heteroatoms. The molecule has 0 aliphatic heterocycles. The highest BCUT2D eigenvalue weighted by Crippen LogP contribution is 2.39. The van der Waals surface area contributed by atoms with Gasteiger partial charge in [0.05, 0.1) is 13.7 Å². The fourth-order valence-corrected chi connectivity index (χ4v) is 12.1. The van der Waals surface area contributed by atoms with E-state index < -0.39 is 18.8 Å². The second-order valence-electron chi connectivity index (χ2n) is 11.5. The van der Waals surface area contributed by atoms with Gasteiger partial charge in [0.1, 0.15) is 26.2 Å². The number of methoxy groups -OCH3 is 1. The first-order valence-corrected chi connectivity index (χ1v) is 17.4. The summed E-state index contributed by atoms with van der Waals surface area (Å²) in [6, 6.07) is 37.5. The number of hydrogen-bond acceptors (Lipinski definition) is 6. The molecule has 0 radical (unpaired) electrons. The molecule has 0 aliphatic carbocycles. The maximum absolute atomic E-state index is 13.2. The van der Waals surface area contributed by atoms with Crippen LogP contribution in [0.4, 0.5) is 0 Å². The third-order valence-corrected chi connectivity index (χ3v) is 15.1. The molecule has 0 spiro atoms. The van der Waals surface area contributed by atoms with Crippen LogP contribution in [0.1, 0.15) is 36.7 Å². The average Bonchev–Trinajstić information content (AvgIpc) is 3.02. The Morgan fingerprint density at radius 3 is 1.93 bits per heavy atom. The third-order valence-electron chi connectivity index (χ3n) is 8.00. The van der Waals surface area contributed by atoms with Crippen LogP contribution in [0.2, 0.25) is 11.1 Å². The Morgan fingerprint density at radius 1 is 0.791 bits per heavy atom. The molecule has 1 aromatic heterocycles. The number of esters is 1. The van der Waals surface area contributed by atoms with Crippen LogP contribution in [0.15, 0.2) is 114 Å². The van der Waals surface area contributed by atoms with E-state index in [4.69, 9.17) is 14.2 Å². The van der Waals surface area contributed by atoms with Gasteiger partial charge in [0.25, 0.3) is 4.74 Å². The minimum Gasteiger partial charge on any atom is -0.492 e. The van der Waals surface area contributed by atoms with Crippen molar-refractivity contribution in [1.29, 1.82) is 0 Å². The summed E-state index contributed by atoms with van der Waals surface area (Å²) < 4.78 is 18.0. The molecule has 0 amide bonds. The molecule has 4 aromatic carbocycles. The number of carbonyl (C=O) groups is 1. The molecule has 0 atom stereocenters. The lowest BCUT2D eigenvalue weighted by atomic mass is 10.1. The molecule has 0 fully saturated rings. The Bertz CT molecular complexity index is 1710. The lowest BCUT2D eigenvalue weighted by molar-refractivity contribution is 0.0595. The first-order valence-electron chi connectivity index (χ1n) is 14.3. The lowest BCUT2D eigenvalue weighted by Crippen LogP contribution is -2.64. The molecular weight excluding hydrogens is 573 g/mol. The molecule has 220 valence electrons. The van der Waals surface area contributed by atoms with Crippen molar-refractivity contribution in [3.63, 3.8) is 0 Å². The molecule has 5 nitrogen and oxygen atoms in total. The molecule has 5 aromatic rings. The van der Waals surface area contributed by atoms with Gasteiger partial charge in [0.15, 0.2) is 5.56 Å². The van der Waals surface area contributed by atoms with Gasteiger partial charge < -0.3 is 14.2 Å². The van der Waals surface area contributed by atoms with Crippen LogP contribution in [-0.4, -0.2) is 27.8 Å². The Morgan fingerprint density at radius 2 is 1.37 bits per heavy atom. The molecule has 43 heavy (non-hydrogen) atoms. The SMILES string of the molecule is COC(=O)c1c(OCC[Si](c2ccccc2)(c2ccccc2)C(C)(C)C)c2cc(OCc3ccccc3)ccc2sc1=O. The van der Waals surface area contributed by atoms with Crippen LogP contribution in [0, 0.1) is 0 Å². The Labute approximate surface area is 257 Å². The van der Waals surface area contributed by atoms with E-state index in [1.54, 1.807) is 0 Å². The van der Waals surface area contributed by atoms with Crippen molar-refractivity contribution in [3.8, 4) is 11.5 Å². The number of hydrogen-bond donors (Lipinski definition) is 0. The standard InChI is InChI=1S/C36H36O5SSi/c1-36(2,3)43(28-16-10-6-11-17-28,29-18-12-7-13-19-29)23-22-40-33-30-24-27(41-25-26-14-8-5-9-15-26)20-21-31(30)42-35(38)32(33)34(37)39-4/h5-21,24H,22-23,25H2,1-4H3. The monoisotopic (exact) mass is 608 g/mol. The van der Waals surface area contributed by atoms with E-state index in [9.17, 15) is 9.59 Å². The zero-order chi connectivity index (χ0) is 30.5. The number of carbonyl (C=O) groups excluding carboxylic acids is 1. The largest absolute Gasteiger partial charge is 0.492 e. The fraction of sp³-hybridized carbons (Fsp3) is 0.222. The van der Waals surface area contributed by atoms with Gasteiger partial charge in [0.2, 0.25) is 0 Å². The molecule has 0 N–H and O–H groups in total. The zero-order valence-electron chi connectivity index (χ0n) is 25.0. The van der Waals surface area contributed by atoms with Crippen LogP contribution in [0.5, 0.6) is 11.5 Å². The summed E-state index contributed by atoms with van der Waals surface area (Å²) in [6.45, 7) is 7.60. The van der Waals surface area contributed by atoms with Crippen molar-refractivity contribution in [1.82, 2.24) is 0 Å². The fourth-order valence-electron chi connectivity index (χ4n) is 5.86. The summed E-state index contributed by atoms with van der Waals surface area (Å²) in [5.41, 5.74) is 0.958. The Kier molecular flexibility index (Phi) is 9.13. The molecule has 0 aliphatic rings. The maximum Gasteiger partial charge on any atom is 0.346 e. The van der Waals surface area contributed by atoms with Gasteiger partial charge in [-0.3, -0.25) is 4.79 Å². The van der Waals surface area contributed by atoms with E-state index in [0.717, 1.165) is 22.9 Å². The number of benzene rings is 4. The van der Waals surface area contributed by atoms with Crippen LogP contribution < -0.4 is 24.6 Å². The summed E-state index contributed by atoms with van der Waals surface area (Å²) in [6.07, 6.45) is 0. The molecule has 0 unspecified atom stereocenters. The van der Waals surface area contributed by atoms with Crippen LogP contribution in [0.25, 0.3) is 10.1 Å². The molecular formula is C36H36O5SSi. The third kappa shape index (κ3) is 6.28. The normalized spacial score (nSPS) is 11.7. The van der Waals surface area contributed by atoms with E-state index in [0.29, 0.717) is 29.0 Å². The van der Waals surface area contributed by atoms with Crippen molar-refractivity contribution < 1.29 is 19.0 Å². The van der Waals surface area contributed by atoms with Crippen LogP contribution >= 0.6 is 11.3 Å². The molecule has 0 saturated carbocycles. The van der Waals surface area contributed by atoms with Gasteiger partial charge >= 0.3 is 5.97 Å². The first-order chi connectivity index (χ1) is 20.7. The summed E-state index contributed by atoms with van der Waals surface area (Å²) in [4.78, 5) is 26.2. The van der Waals surface area contributed by atoms with Crippen molar-refractivity contribution in [2.24, 2.45) is 0 Å². The van der Waals surface area contributed by atoms with Gasteiger partial charge in [-0.25, -0.2) is 4.79 Å². The van der Waals surface area contributed by atoms with E-state index >= 15 is 0 Å². The lowest BCUT2D eigenvalue weighted by Gasteiger charge is -2.44. The highest BCUT2D eigenvalue weighted by Gasteiger charge is 2.47. The second kappa shape index (κ2) is 13.0. The molecule has 5 rings (SSSR count). The van der Waals surface area contributed by atoms with Gasteiger partial charge in [-0.05, 0) is 34.8 Å². The summed E-state index contributed by atoms with van der Waals surface area (Å²) >= 11 is 1.00. The van der Waals surface area contributed by atoms with Crippen molar-refractivity contribution in [2.75, 3.05) is 13.7 Å². The van der Waals surface area contributed by atoms with E-state index in [-0.39, 0.29) is 16.4 Å². The molecule has 0 saturated heterocycles. The van der Waals surface area contributed by atoms with Crippen LogP contribution in [0.3, 0.4) is 0 Å². The minimum atomic E-state index is -2.44. The second-order valence-corrected chi connectivity index (χ2v) is 17.5. The Hall–Kier alpha value is -4.20. The smallest absolute Gasteiger partial charge is 0.346 e. The van der Waals surface area contributed by atoms with Gasteiger partial charge in [0, 0.05) is 10.1 Å². The quantitative estimate of drug-likeness (QED) is 0.125. The minimum absolute atomic E-state index is 0.0623. The first kappa shape index (κ1) is 30.3. The number of rotatable bonds is 10. The van der Waals surface area contributed by atoms with Crippen molar-refractivity contribution >= 4 is 45.8 Å². The zero-order valence-corrected chi connectivity index (χ0v) is 26.8. The molecule has 1 heterocycles. The maximum atomic E-state index is 13.2. The van der Waals surface area contributed by atoms with Crippen molar-refractivity contribution in [2.45, 2.75) is 38.5 Å². The summed E-state index contributed by atoms with van der Waals surface area (Å²) in [5, 5.41) is 3.21. The number of fused-ring (bicyclic) bond motifs is 1.